The summed E-state index contributed by atoms with van der Waals surface area (Å²) in [7, 11) is 0. The second-order valence-electron chi connectivity index (χ2n) is 4.66. The third-order valence-electron chi connectivity index (χ3n) is 2.96. The highest BCUT2D eigenvalue weighted by Crippen LogP contribution is 2.19. The quantitative estimate of drug-likeness (QED) is 0.898. The van der Waals surface area contributed by atoms with E-state index in [1.54, 1.807) is 37.3 Å². The number of halogens is 1. The van der Waals surface area contributed by atoms with Gasteiger partial charge in [-0.3, -0.25) is 4.79 Å². The SMILES string of the molecule is Cc1ccc(NC(=O)CC(O)c2ccccc2)c(F)c1. The van der Waals surface area contributed by atoms with Gasteiger partial charge in [0.1, 0.15) is 5.82 Å². The molecule has 0 heterocycles. The number of anilines is 1. The van der Waals surface area contributed by atoms with Gasteiger partial charge in [0, 0.05) is 0 Å². The minimum Gasteiger partial charge on any atom is -0.388 e. The normalized spacial score (nSPS) is 11.9. The first-order valence-electron chi connectivity index (χ1n) is 6.35. The van der Waals surface area contributed by atoms with E-state index in [2.05, 4.69) is 5.32 Å². The second kappa shape index (κ2) is 6.30. The van der Waals surface area contributed by atoms with Crippen molar-refractivity contribution in [3.05, 3.63) is 65.5 Å². The van der Waals surface area contributed by atoms with Crippen molar-refractivity contribution in [1.29, 1.82) is 0 Å². The van der Waals surface area contributed by atoms with Crippen LogP contribution in [0.5, 0.6) is 0 Å². The Balaban J connectivity index is 1.99. The molecule has 0 bridgehead atoms. The average molecular weight is 273 g/mol. The van der Waals surface area contributed by atoms with Crippen molar-refractivity contribution in [2.45, 2.75) is 19.4 Å². The molecule has 1 amide bonds. The summed E-state index contributed by atoms with van der Waals surface area (Å²) in [6.07, 6.45) is -1.01. The smallest absolute Gasteiger partial charge is 0.227 e. The Morgan fingerprint density at radius 3 is 2.60 bits per heavy atom. The van der Waals surface area contributed by atoms with Crippen LogP contribution in [0.4, 0.5) is 10.1 Å². The minimum atomic E-state index is -0.898. The largest absolute Gasteiger partial charge is 0.388 e. The topological polar surface area (TPSA) is 49.3 Å². The summed E-state index contributed by atoms with van der Waals surface area (Å²) in [6.45, 7) is 1.77. The molecule has 2 aromatic rings. The average Bonchev–Trinajstić information content (AvgIpc) is 2.43. The van der Waals surface area contributed by atoms with Crippen molar-refractivity contribution >= 4 is 11.6 Å². The summed E-state index contributed by atoms with van der Waals surface area (Å²) in [5, 5.41) is 12.4. The van der Waals surface area contributed by atoms with Crippen LogP contribution in [0.1, 0.15) is 23.7 Å². The summed E-state index contributed by atoms with van der Waals surface area (Å²) < 4.78 is 13.6. The Morgan fingerprint density at radius 1 is 1.25 bits per heavy atom. The van der Waals surface area contributed by atoms with Gasteiger partial charge in [-0.1, -0.05) is 36.4 Å². The van der Waals surface area contributed by atoms with E-state index in [4.69, 9.17) is 0 Å². The van der Waals surface area contributed by atoms with Gasteiger partial charge in [-0.05, 0) is 30.2 Å². The lowest BCUT2D eigenvalue weighted by Gasteiger charge is -2.11. The standard InChI is InChI=1S/C16H16FNO2/c1-11-7-8-14(13(17)9-11)18-16(20)10-15(19)12-5-3-2-4-6-12/h2-9,15,19H,10H2,1H3,(H,18,20). The molecule has 104 valence electrons. The maximum Gasteiger partial charge on any atom is 0.227 e. The maximum atomic E-state index is 13.6. The van der Waals surface area contributed by atoms with Crippen molar-refractivity contribution < 1.29 is 14.3 Å². The van der Waals surface area contributed by atoms with Crippen molar-refractivity contribution in [3.8, 4) is 0 Å². The highest BCUT2D eigenvalue weighted by Gasteiger charge is 2.14. The van der Waals surface area contributed by atoms with Gasteiger partial charge in [0.2, 0.25) is 5.91 Å². The molecule has 0 saturated carbocycles. The lowest BCUT2D eigenvalue weighted by atomic mass is 10.1. The number of rotatable bonds is 4. The maximum absolute atomic E-state index is 13.6. The van der Waals surface area contributed by atoms with Crippen LogP contribution < -0.4 is 5.32 Å². The van der Waals surface area contributed by atoms with Crippen molar-refractivity contribution in [3.63, 3.8) is 0 Å². The first-order chi connectivity index (χ1) is 9.56. The summed E-state index contributed by atoms with van der Waals surface area (Å²) in [6, 6.07) is 13.5. The molecule has 0 radical (unpaired) electrons. The van der Waals surface area contributed by atoms with Gasteiger partial charge >= 0.3 is 0 Å². The second-order valence-corrected chi connectivity index (χ2v) is 4.66. The zero-order valence-corrected chi connectivity index (χ0v) is 11.1. The minimum absolute atomic E-state index is 0.114. The molecular weight excluding hydrogens is 257 g/mol. The van der Waals surface area contributed by atoms with Crippen LogP contribution in [0.2, 0.25) is 0 Å². The summed E-state index contributed by atoms with van der Waals surface area (Å²) in [5.74, 6) is -0.906. The predicted molar refractivity (Wildman–Crippen MR) is 75.8 cm³/mol. The highest BCUT2D eigenvalue weighted by molar-refractivity contribution is 5.91. The van der Waals surface area contributed by atoms with Gasteiger partial charge in [0.25, 0.3) is 0 Å². The van der Waals surface area contributed by atoms with E-state index < -0.39 is 17.8 Å². The van der Waals surface area contributed by atoms with Gasteiger partial charge in [-0.15, -0.1) is 0 Å². The van der Waals surface area contributed by atoms with Gasteiger partial charge in [0.15, 0.2) is 0 Å². The number of aliphatic hydroxyl groups is 1. The van der Waals surface area contributed by atoms with Crippen molar-refractivity contribution in [2.75, 3.05) is 5.32 Å². The number of carbonyl (C=O) groups excluding carboxylic acids is 1. The number of carbonyl (C=O) groups is 1. The van der Waals surface area contributed by atoms with Crippen LogP contribution in [0.3, 0.4) is 0 Å². The molecule has 0 aliphatic carbocycles. The number of aryl methyl sites for hydroxylation is 1. The van der Waals surface area contributed by atoms with Gasteiger partial charge in [0.05, 0.1) is 18.2 Å². The van der Waals surface area contributed by atoms with E-state index >= 15 is 0 Å². The fraction of sp³-hybridized carbons (Fsp3) is 0.188. The van der Waals surface area contributed by atoms with Crippen LogP contribution >= 0.6 is 0 Å². The highest BCUT2D eigenvalue weighted by atomic mass is 19.1. The van der Waals surface area contributed by atoms with Gasteiger partial charge in [-0.2, -0.15) is 0 Å². The molecule has 3 nitrogen and oxygen atoms in total. The first kappa shape index (κ1) is 14.2. The number of nitrogens with one attached hydrogen (secondary N) is 1. The molecule has 0 aliphatic rings. The molecule has 4 heteroatoms. The van der Waals surface area contributed by atoms with Crippen LogP contribution in [-0.4, -0.2) is 11.0 Å². The number of benzene rings is 2. The fourth-order valence-electron chi connectivity index (χ4n) is 1.89. The third-order valence-corrected chi connectivity index (χ3v) is 2.96. The Labute approximate surface area is 117 Å². The van der Waals surface area contributed by atoms with Crippen molar-refractivity contribution in [2.24, 2.45) is 0 Å². The number of hydrogen-bond donors (Lipinski definition) is 2. The molecule has 1 unspecified atom stereocenters. The predicted octanol–water partition coefficient (Wildman–Crippen LogP) is 3.20. The lowest BCUT2D eigenvalue weighted by Crippen LogP contribution is -2.16. The Bertz CT molecular complexity index is 599. The van der Waals surface area contributed by atoms with Crippen LogP contribution in [0, 0.1) is 12.7 Å². The summed E-state index contributed by atoms with van der Waals surface area (Å²) >= 11 is 0. The van der Waals surface area contributed by atoms with Gasteiger partial charge in [-0.25, -0.2) is 4.39 Å². The lowest BCUT2D eigenvalue weighted by molar-refractivity contribution is -0.118. The van der Waals surface area contributed by atoms with E-state index in [1.165, 1.54) is 12.1 Å². The molecule has 1 atom stereocenters. The Kier molecular flexibility index (Phi) is 4.48. The van der Waals surface area contributed by atoms with Crippen LogP contribution in [-0.2, 0) is 4.79 Å². The molecule has 20 heavy (non-hydrogen) atoms. The van der Waals surface area contributed by atoms with E-state index in [-0.39, 0.29) is 12.1 Å². The Morgan fingerprint density at radius 2 is 1.95 bits per heavy atom. The Hall–Kier alpha value is -2.20. The zero-order valence-electron chi connectivity index (χ0n) is 11.1. The van der Waals surface area contributed by atoms with E-state index in [0.717, 1.165) is 5.56 Å². The monoisotopic (exact) mass is 273 g/mol. The molecule has 2 aromatic carbocycles. The molecule has 0 saturated heterocycles. The molecule has 0 aliphatic heterocycles. The molecule has 0 aromatic heterocycles. The number of hydrogen-bond acceptors (Lipinski definition) is 2. The number of aliphatic hydroxyl groups excluding tert-OH is 1. The van der Waals surface area contributed by atoms with Crippen molar-refractivity contribution in [1.82, 2.24) is 0 Å². The van der Waals surface area contributed by atoms with E-state index in [0.29, 0.717) is 5.56 Å². The van der Waals surface area contributed by atoms with Gasteiger partial charge < -0.3 is 10.4 Å². The third kappa shape index (κ3) is 3.65. The summed E-state index contributed by atoms with van der Waals surface area (Å²) in [4.78, 5) is 11.8. The van der Waals surface area contributed by atoms with Crippen LogP contribution in [0.15, 0.2) is 48.5 Å². The van der Waals surface area contributed by atoms with E-state index in [1.807, 2.05) is 6.07 Å². The number of amides is 1. The summed E-state index contributed by atoms with van der Waals surface area (Å²) in [5.41, 5.74) is 1.57. The molecular formula is C16H16FNO2. The molecule has 2 N–H and O–H groups in total. The van der Waals surface area contributed by atoms with Crippen LogP contribution in [0.25, 0.3) is 0 Å². The molecule has 2 rings (SSSR count). The van der Waals surface area contributed by atoms with E-state index in [9.17, 15) is 14.3 Å². The molecule has 0 spiro atoms. The molecule has 0 fully saturated rings. The first-order valence-corrected chi connectivity index (χ1v) is 6.35. The fourth-order valence-corrected chi connectivity index (χ4v) is 1.89. The zero-order chi connectivity index (χ0) is 14.5.